The van der Waals surface area contributed by atoms with Gasteiger partial charge in [0.15, 0.2) is 0 Å². The molecule has 2 rings (SSSR count). The molecule has 0 unspecified atom stereocenters. The molecule has 1 fully saturated rings. The number of nitrogens with zero attached hydrogens (tertiary/aromatic N) is 2. The molecule has 0 bridgehead atoms. The summed E-state index contributed by atoms with van der Waals surface area (Å²) in [7, 11) is 1.80. The summed E-state index contributed by atoms with van der Waals surface area (Å²) in [6.45, 7) is 1.48. The van der Waals surface area contributed by atoms with Crippen molar-refractivity contribution in [2.24, 2.45) is 0 Å². The highest BCUT2D eigenvalue weighted by Gasteiger charge is 2.14. The van der Waals surface area contributed by atoms with E-state index >= 15 is 0 Å². The van der Waals surface area contributed by atoms with Crippen LogP contribution in [0.5, 0.6) is 0 Å². The first-order valence-corrected chi connectivity index (χ1v) is 7.14. The Bertz CT molecular complexity index is 382. The first-order chi connectivity index (χ1) is 8.79. The van der Waals surface area contributed by atoms with Crippen molar-refractivity contribution in [3.63, 3.8) is 0 Å². The zero-order valence-corrected chi connectivity index (χ0v) is 12.2. The lowest BCUT2D eigenvalue weighted by molar-refractivity contribution is 0.0658. The van der Waals surface area contributed by atoms with Crippen molar-refractivity contribution in [3.8, 4) is 0 Å². The lowest BCUT2D eigenvalue weighted by Gasteiger charge is -2.12. The van der Waals surface area contributed by atoms with E-state index < -0.39 is 0 Å². The van der Waals surface area contributed by atoms with Crippen LogP contribution >= 0.6 is 15.9 Å². The van der Waals surface area contributed by atoms with Gasteiger partial charge in [-0.3, -0.25) is 0 Å². The summed E-state index contributed by atoms with van der Waals surface area (Å²) in [6.07, 6.45) is 7.23. The predicted molar refractivity (Wildman–Crippen MR) is 76.0 cm³/mol. The molecule has 0 aliphatic heterocycles. The van der Waals surface area contributed by atoms with Crippen molar-refractivity contribution in [3.05, 3.63) is 10.7 Å². The van der Waals surface area contributed by atoms with Crippen molar-refractivity contribution in [1.29, 1.82) is 0 Å². The Kier molecular flexibility index (Phi) is 5.19. The van der Waals surface area contributed by atoms with Crippen LogP contribution in [0.15, 0.2) is 10.7 Å². The fraction of sp³-hybridized carbons (Fsp3) is 0.667. The highest BCUT2D eigenvalue weighted by Crippen LogP contribution is 2.21. The monoisotopic (exact) mass is 314 g/mol. The van der Waals surface area contributed by atoms with E-state index in [9.17, 15) is 0 Å². The number of anilines is 2. The van der Waals surface area contributed by atoms with Gasteiger partial charge in [0, 0.05) is 19.8 Å². The van der Waals surface area contributed by atoms with Gasteiger partial charge in [-0.25, -0.2) is 4.98 Å². The fourth-order valence-corrected chi connectivity index (χ4v) is 2.39. The number of hydrogen-bond acceptors (Lipinski definition) is 5. The van der Waals surface area contributed by atoms with Crippen LogP contribution in [0.25, 0.3) is 0 Å². The Morgan fingerprint density at radius 2 is 2.22 bits per heavy atom. The van der Waals surface area contributed by atoms with E-state index in [1.54, 1.807) is 13.2 Å². The maximum Gasteiger partial charge on any atom is 0.224 e. The number of rotatable bonds is 6. The van der Waals surface area contributed by atoms with Gasteiger partial charge >= 0.3 is 0 Å². The Hall–Kier alpha value is -0.880. The van der Waals surface area contributed by atoms with Crippen molar-refractivity contribution >= 4 is 27.7 Å². The molecule has 0 spiro atoms. The van der Waals surface area contributed by atoms with Gasteiger partial charge in [0.25, 0.3) is 0 Å². The summed E-state index contributed by atoms with van der Waals surface area (Å²) in [5, 5.41) is 6.16. The molecule has 1 saturated carbocycles. The van der Waals surface area contributed by atoms with E-state index in [0.717, 1.165) is 23.4 Å². The molecule has 0 radical (unpaired) electrons. The van der Waals surface area contributed by atoms with E-state index in [0.29, 0.717) is 12.1 Å². The molecule has 6 heteroatoms. The molecule has 0 saturated heterocycles. The van der Waals surface area contributed by atoms with Crippen LogP contribution in [0.2, 0.25) is 0 Å². The third kappa shape index (κ3) is 3.81. The summed E-state index contributed by atoms with van der Waals surface area (Å²) in [6, 6.07) is 0. The Balaban J connectivity index is 1.75. The smallest absolute Gasteiger partial charge is 0.224 e. The molecule has 0 atom stereocenters. The first kappa shape index (κ1) is 13.5. The molecule has 0 amide bonds. The average molecular weight is 315 g/mol. The van der Waals surface area contributed by atoms with E-state index in [2.05, 4.69) is 36.5 Å². The van der Waals surface area contributed by atoms with E-state index in [1.165, 1.54) is 25.7 Å². The number of aromatic nitrogens is 2. The zero-order chi connectivity index (χ0) is 12.8. The van der Waals surface area contributed by atoms with Crippen LogP contribution in [-0.4, -0.2) is 36.3 Å². The molecule has 1 aliphatic carbocycles. The molecule has 1 aromatic heterocycles. The molecule has 100 valence electrons. The van der Waals surface area contributed by atoms with Gasteiger partial charge in [-0.15, -0.1) is 0 Å². The van der Waals surface area contributed by atoms with E-state index in [-0.39, 0.29) is 0 Å². The average Bonchev–Trinajstić information content (AvgIpc) is 2.89. The van der Waals surface area contributed by atoms with Crippen molar-refractivity contribution in [1.82, 2.24) is 9.97 Å². The summed E-state index contributed by atoms with van der Waals surface area (Å²) in [5.74, 6) is 1.40. The van der Waals surface area contributed by atoms with Crippen LogP contribution in [0.1, 0.15) is 25.7 Å². The number of nitrogens with one attached hydrogen (secondary N) is 2. The quantitative estimate of drug-likeness (QED) is 0.790. The highest BCUT2D eigenvalue weighted by molar-refractivity contribution is 9.10. The van der Waals surface area contributed by atoms with E-state index in [4.69, 9.17) is 4.74 Å². The highest BCUT2D eigenvalue weighted by atomic mass is 79.9. The van der Waals surface area contributed by atoms with Gasteiger partial charge in [-0.2, -0.15) is 4.98 Å². The summed E-state index contributed by atoms with van der Waals surface area (Å²) in [5.41, 5.74) is 0. The second-order valence-corrected chi connectivity index (χ2v) is 5.20. The van der Waals surface area contributed by atoms with Gasteiger partial charge in [0.2, 0.25) is 5.95 Å². The van der Waals surface area contributed by atoms with Gasteiger partial charge < -0.3 is 15.4 Å². The number of ether oxygens (including phenoxy) is 1. The third-order valence-electron chi connectivity index (χ3n) is 3.02. The van der Waals surface area contributed by atoms with Crippen molar-refractivity contribution < 1.29 is 4.74 Å². The lowest BCUT2D eigenvalue weighted by atomic mass is 10.3. The SMILES string of the molecule is CNc1ncc(Br)c(NCCOC2CCCC2)n1. The molecule has 0 aromatic carbocycles. The van der Waals surface area contributed by atoms with Crippen molar-refractivity contribution in [2.45, 2.75) is 31.8 Å². The molecule has 1 heterocycles. The fourth-order valence-electron chi connectivity index (χ4n) is 2.06. The van der Waals surface area contributed by atoms with Gasteiger partial charge in [-0.1, -0.05) is 12.8 Å². The largest absolute Gasteiger partial charge is 0.376 e. The molecular formula is C12H19BrN4O. The van der Waals surface area contributed by atoms with E-state index in [1.807, 2.05) is 0 Å². The minimum Gasteiger partial charge on any atom is -0.376 e. The first-order valence-electron chi connectivity index (χ1n) is 6.35. The lowest BCUT2D eigenvalue weighted by Crippen LogP contribution is -2.16. The topological polar surface area (TPSA) is 59.1 Å². The minimum atomic E-state index is 0.466. The molecular weight excluding hydrogens is 296 g/mol. The van der Waals surface area contributed by atoms with Crippen LogP contribution in [0.4, 0.5) is 11.8 Å². The predicted octanol–water partition coefficient (Wildman–Crippen LogP) is 2.65. The second-order valence-electron chi connectivity index (χ2n) is 4.34. The van der Waals surface area contributed by atoms with Crippen LogP contribution in [0, 0.1) is 0 Å². The summed E-state index contributed by atoms with van der Waals surface area (Å²) in [4.78, 5) is 8.43. The van der Waals surface area contributed by atoms with Gasteiger partial charge in [0.1, 0.15) is 5.82 Å². The Morgan fingerprint density at radius 1 is 1.44 bits per heavy atom. The maximum atomic E-state index is 5.78. The molecule has 1 aromatic rings. The van der Waals surface area contributed by atoms with Crippen molar-refractivity contribution in [2.75, 3.05) is 30.8 Å². The maximum absolute atomic E-state index is 5.78. The molecule has 18 heavy (non-hydrogen) atoms. The number of halogens is 1. The Labute approximate surface area is 116 Å². The molecule has 2 N–H and O–H groups in total. The van der Waals surface area contributed by atoms with Crippen LogP contribution in [-0.2, 0) is 4.74 Å². The third-order valence-corrected chi connectivity index (χ3v) is 3.60. The normalized spacial score (nSPS) is 15.9. The van der Waals surface area contributed by atoms with Crippen LogP contribution < -0.4 is 10.6 Å². The Morgan fingerprint density at radius 3 is 2.94 bits per heavy atom. The zero-order valence-electron chi connectivity index (χ0n) is 10.6. The van der Waals surface area contributed by atoms with Gasteiger partial charge in [-0.05, 0) is 28.8 Å². The summed E-state index contributed by atoms with van der Waals surface area (Å²) >= 11 is 3.42. The molecule has 1 aliphatic rings. The van der Waals surface area contributed by atoms with Gasteiger partial charge in [0.05, 0.1) is 17.2 Å². The number of hydrogen-bond donors (Lipinski definition) is 2. The minimum absolute atomic E-state index is 0.466. The molecule has 5 nitrogen and oxygen atoms in total. The second kappa shape index (κ2) is 6.89. The summed E-state index contributed by atoms with van der Waals surface area (Å²) < 4.78 is 6.65. The standard InChI is InChI=1S/C12H19BrN4O/c1-14-12-16-8-10(13)11(17-12)15-6-7-18-9-4-2-3-5-9/h8-9H,2-7H2,1H3,(H2,14,15,16,17). The van der Waals surface area contributed by atoms with Crippen LogP contribution in [0.3, 0.4) is 0 Å².